The van der Waals surface area contributed by atoms with Gasteiger partial charge >= 0.3 is 0 Å². The van der Waals surface area contributed by atoms with Gasteiger partial charge in [0.2, 0.25) is 0 Å². The fourth-order valence-corrected chi connectivity index (χ4v) is 0.691. The molecule has 0 bridgehead atoms. The molecular weight excluding hydrogens is 142 g/mol. The second-order valence-corrected chi connectivity index (χ2v) is 1.82. The highest BCUT2D eigenvalue weighted by molar-refractivity contribution is 5.78. The van der Waals surface area contributed by atoms with E-state index in [0.717, 1.165) is 0 Å². The molecule has 0 aromatic carbocycles. The standard InChI is InChI=1S/C8H5NO2/c9-4-1-2-7-3-5-11-8(7)6-10/h1-3,5-6H. The molecule has 0 saturated carbocycles. The van der Waals surface area contributed by atoms with E-state index in [9.17, 15) is 4.79 Å². The molecule has 3 heteroatoms. The van der Waals surface area contributed by atoms with Gasteiger partial charge in [0.25, 0.3) is 0 Å². The monoisotopic (exact) mass is 147 g/mol. The largest absolute Gasteiger partial charge is 0.461 e. The number of rotatable bonds is 2. The van der Waals surface area contributed by atoms with Crippen LogP contribution in [0.15, 0.2) is 22.8 Å². The molecule has 1 heterocycles. The first-order valence-corrected chi connectivity index (χ1v) is 2.97. The predicted octanol–water partition coefficient (Wildman–Crippen LogP) is 1.63. The van der Waals surface area contributed by atoms with Crippen LogP contribution in [0, 0.1) is 11.3 Å². The first kappa shape index (κ1) is 7.29. The lowest BCUT2D eigenvalue weighted by Gasteiger charge is -1.82. The fraction of sp³-hybridized carbons (Fsp3) is 0. The van der Waals surface area contributed by atoms with Crippen molar-refractivity contribution in [3.05, 3.63) is 29.7 Å². The molecule has 0 amide bonds. The third-order valence-electron chi connectivity index (χ3n) is 1.17. The van der Waals surface area contributed by atoms with Gasteiger partial charge in [-0.05, 0) is 12.1 Å². The first-order valence-electron chi connectivity index (χ1n) is 2.97. The molecule has 0 unspecified atom stereocenters. The number of carbonyl (C=O) groups excluding carboxylic acids is 1. The van der Waals surface area contributed by atoms with Gasteiger partial charge < -0.3 is 4.42 Å². The predicted molar refractivity (Wildman–Crippen MR) is 38.7 cm³/mol. The molecule has 0 saturated heterocycles. The molecule has 0 aliphatic carbocycles. The minimum Gasteiger partial charge on any atom is -0.461 e. The molecule has 0 spiro atoms. The summed E-state index contributed by atoms with van der Waals surface area (Å²) in [5.41, 5.74) is 0.626. The number of aldehydes is 1. The number of hydrogen-bond acceptors (Lipinski definition) is 3. The zero-order valence-corrected chi connectivity index (χ0v) is 5.65. The average Bonchev–Trinajstić information content (AvgIpc) is 2.47. The normalized spacial score (nSPS) is 9.73. The highest BCUT2D eigenvalue weighted by atomic mass is 16.3. The number of carbonyl (C=O) groups is 1. The molecule has 1 rings (SSSR count). The number of furan rings is 1. The van der Waals surface area contributed by atoms with E-state index in [-0.39, 0.29) is 5.76 Å². The van der Waals surface area contributed by atoms with Gasteiger partial charge in [-0.3, -0.25) is 4.79 Å². The Morgan fingerprint density at radius 2 is 2.45 bits per heavy atom. The summed E-state index contributed by atoms with van der Waals surface area (Å²) in [4.78, 5) is 10.2. The SMILES string of the molecule is N#CC=Cc1ccoc1C=O. The lowest BCUT2D eigenvalue weighted by atomic mass is 10.2. The molecule has 0 fully saturated rings. The maximum absolute atomic E-state index is 10.2. The van der Waals surface area contributed by atoms with Crippen molar-refractivity contribution in [3.63, 3.8) is 0 Å². The Balaban J connectivity index is 2.95. The first-order chi connectivity index (χ1) is 5.38. The number of hydrogen-bond donors (Lipinski definition) is 0. The quantitative estimate of drug-likeness (QED) is 0.471. The molecule has 0 atom stereocenters. The van der Waals surface area contributed by atoms with Crippen LogP contribution in [-0.4, -0.2) is 6.29 Å². The van der Waals surface area contributed by atoms with E-state index in [2.05, 4.69) is 0 Å². The molecule has 54 valence electrons. The van der Waals surface area contributed by atoms with Crippen molar-refractivity contribution >= 4 is 12.4 Å². The van der Waals surface area contributed by atoms with Crippen molar-refractivity contribution in [2.45, 2.75) is 0 Å². The summed E-state index contributed by atoms with van der Waals surface area (Å²) in [5.74, 6) is 0.247. The summed E-state index contributed by atoms with van der Waals surface area (Å²) < 4.78 is 4.78. The van der Waals surface area contributed by atoms with Gasteiger partial charge in [-0.2, -0.15) is 5.26 Å². The van der Waals surface area contributed by atoms with Crippen molar-refractivity contribution in [2.24, 2.45) is 0 Å². The van der Waals surface area contributed by atoms with Crippen LogP contribution in [0.1, 0.15) is 16.1 Å². The van der Waals surface area contributed by atoms with Gasteiger partial charge in [-0.25, -0.2) is 0 Å². The second-order valence-electron chi connectivity index (χ2n) is 1.82. The van der Waals surface area contributed by atoms with Crippen LogP contribution >= 0.6 is 0 Å². The van der Waals surface area contributed by atoms with Crippen molar-refractivity contribution < 1.29 is 9.21 Å². The molecule has 1 aromatic rings. The molecule has 0 N–H and O–H groups in total. The zero-order chi connectivity index (χ0) is 8.10. The van der Waals surface area contributed by atoms with Crippen LogP contribution in [0.2, 0.25) is 0 Å². The van der Waals surface area contributed by atoms with Gasteiger partial charge in [0.15, 0.2) is 12.0 Å². The number of nitriles is 1. The highest BCUT2D eigenvalue weighted by Gasteiger charge is 1.99. The van der Waals surface area contributed by atoms with E-state index < -0.39 is 0 Å². The van der Waals surface area contributed by atoms with Crippen LogP contribution < -0.4 is 0 Å². The van der Waals surface area contributed by atoms with Crippen LogP contribution in [0.4, 0.5) is 0 Å². The number of allylic oxidation sites excluding steroid dienone is 1. The lowest BCUT2D eigenvalue weighted by molar-refractivity contribution is 0.110. The minimum absolute atomic E-state index is 0.247. The van der Waals surface area contributed by atoms with E-state index in [1.54, 1.807) is 6.07 Å². The molecular formula is C8H5NO2. The van der Waals surface area contributed by atoms with Crippen LogP contribution in [0.25, 0.3) is 6.08 Å². The molecule has 0 radical (unpaired) electrons. The molecule has 11 heavy (non-hydrogen) atoms. The maximum atomic E-state index is 10.2. The summed E-state index contributed by atoms with van der Waals surface area (Å²) in [6, 6.07) is 3.44. The zero-order valence-electron chi connectivity index (χ0n) is 5.65. The van der Waals surface area contributed by atoms with E-state index in [4.69, 9.17) is 9.68 Å². The van der Waals surface area contributed by atoms with Crippen LogP contribution in [-0.2, 0) is 0 Å². The van der Waals surface area contributed by atoms with Gasteiger partial charge in [-0.1, -0.05) is 0 Å². The molecule has 1 aromatic heterocycles. The summed E-state index contributed by atoms with van der Waals surface area (Å²) in [7, 11) is 0. The Morgan fingerprint density at radius 3 is 3.09 bits per heavy atom. The van der Waals surface area contributed by atoms with Crippen molar-refractivity contribution in [2.75, 3.05) is 0 Å². The summed E-state index contributed by atoms with van der Waals surface area (Å²) in [6.07, 6.45) is 4.82. The average molecular weight is 147 g/mol. The van der Waals surface area contributed by atoms with Crippen molar-refractivity contribution in [1.29, 1.82) is 5.26 Å². The Hall–Kier alpha value is -1.82. The van der Waals surface area contributed by atoms with Crippen molar-refractivity contribution in [1.82, 2.24) is 0 Å². The second kappa shape index (κ2) is 3.37. The summed E-state index contributed by atoms with van der Waals surface area (Å²) >= 11 is 0. The fourth-order valence-electron chi connectivity index (χ4n) is 0.691. The molecule has 0 aliphatic heterocycles. The minimum atomic E-state index is 0.247. The van der Waals surface area contributed by atoms with Gasteiger partial charge in [0, 0.05) is 11.6 Å². The number of nitrogens with zero attached hydrogens (tertiary/aromatic N) is 1. The summed E-state index contributed by atoms with van der Waals surface area (Å²) in [5, 5.41) is 8.17. The van der Waals surface area contributed by atoms with Gasteiger partial charge in [-0.15, -0.1) is 0 Å². The topological polar surface area (TPSA) is 54.0 Å². The Labute approximate surface area is 63.5 Å². The lowest BCUT2D eigenvalue weighted by Crippen LogP contribution is -1.76. The van der Waals surface area contributed by atoms with Crippen LogP contribution in [0.3, 0.4) is 0 Å². The van der Waals surface area contributed by atoms with Gasteiger partial charge in [0.05, 0.1) is 12.3 Å². The summed E-state index contributed by atoms with van der Waals surface area (Å²) in [6.45, 7) is 0. The Morgan fingerprint density at radius 1 is 1.64 bits per heavy atom. The van der Waals surface area contributed by atoms with Crippen molar-refractivity contribution in [3.8, 4) is 6.07 Å². The van der Waals surface area contributed by atoms with E-state index in [0.29, 0.717) is 11.8 Å². The van der Waals surface area contributed by atoms with Crippen LogP contribution in [0.5, 0.6) is 0 Å². The van der Waals surface area contributed by atoms with E-state index >= 15 is 0 Å². The molecule has 3 nitrogen and oxygen atoms in total. The highest BCUT2D eigenvalue weighted by Crippen LogP contribution is 2.09. The molecule has 0 aliphatic rings. The van der Waals surface area contributed by atoms with E-state index in [1.807, 2.05) is 6.07 Å². The Kier molecular flexibility index (Phi) is 2.24. The van der Waals surface area contributed by atoms with E-state index in [1.165, 1.54) is 18.4 Å². The maximum Gasteiger partial charge on any atom is 0.185 e. The van der Waals surface area contributed by atoms with Gasteiger partial charge in [0.1, 0.15) is 0 Å². The third-order valence-corrected chi connectivity index (χ3v) is 1.17. The Bertz CT molecular complexity index is 317. The smallest absolute Gasteiger partial charge is 0.185 e. The third kappa shape index (κ3) is 1.55.